The van der Waals surface area contributed by atoms with Gasteiger partial charge in [-0.3, -0.25) is 9.36 Å². The molecule has 0 aromatic heterocycles. The molecule has 1 unspecified atom stereocenters. The number of methoxy groups -OCH3 is 1. The maximum absolute atomic E-state index is 12.7. The van der Waals surface area contributed by atoms with Gasteiger partial charge in [0.05, 0.1) is 36.5 Å². The summed E-state index contributed by atoms with van der Waals surface area (Å²) in [4.78, 5) is 47.5. The monoisotopic (exact) mass is 614 g/mol. The van der Waals surface area contributed by atoms with E-state index in [9.17, 15) is 23.7 Å². The van der Waals surface area contributed by atoms with E-state index in [-0.39, 0.29) is 98.0 Å². The van der Waals surface area contributed by atoms with Gasteiger partial charge in [-0.15, -0.1) is 0 Å². The lowest BCUT2D eigenvalue weighted by molar-refractivity contribution is 0.0380. The van der Waals surface area contributed by atoms with Crippen molar-refractivity contribution in [3.63, 3.8) is 0 Å². The van der Waals surface area contributed by atoms with Gasteiger partial charge in [-0.25, -0.2) is 14.4 Å². The number of rotatable bonds is 16. The number of esters is 3. The number of hydrogen-bond donors (Lipinski definition) is 0. The first-order chi connectivity index (χ1) is 18.2. The predicted molar refractivity (Wildman–Crippen MR) is 163 cm³/mol. The molecule has 0 bridgehead atoms. The Morgan fingerprint density at radius 1 is 0.571 bits per heavy atom. The lowest BCUT2D eigenvalue weighted by Crippen LogP contribution is -2.14. The van der Waals surface area contributed by atoms with Crippen LogP contribution < -0.4 is 0 Å². The maximum atomic E-state index is 12.7. The molecule has 2 rings (SSSR count). The first kappa shape index (κ1) is 43.1. The molecule has 0 aliphatic heterocycles. The van der Waals surface area contributed by atoms with Crippen LogP contribution in [0.3, 0.4) is 0 Å². The summed E-state index contributed by atoms with van der Waals surface area (Å²) in [5.41, 5.74) is 1.23. The Bertz CT molecular complexity index is 1130. The second-order valence-electron chi connectivity index (χ2n) is 7.71. The highest BCUT2D eigenvalue weighted by atomic mass is 31.2. The molecule has 0 heterocycles. The average molecular weight is 615 g/mol. The van der Waals surface area contributed by atoms with Gasteiger partial charge in [-0.1, -0.05) is 48.8 Å². The second-order valence-corrected chi connectivity index (χ2v) is 10.1. The van der Waals surface area contributed by atoms with Gasteiger partial charge in [0.1, 0.15) is 19.8 Å². The fraction of sp³-hybridized carbons (Fsp3) is 0.467. The van der Waals surface area contributed by atoms with Crippen molar-refractivity contribution in [2.75, 3.05) is 52.9 Å². The molecule has 0 amide bonds. The van der Waals surface area contributed by atoms with Crippen LogP contribution in [-0.4, -0.2) is 76.6 Å². The van der Waals surface area contributed by atoms with Gasteiger partial charge in [0, 0.05) is 18.8 Å². The van der Waals surface area contributed by atoms with Crippen molar-refractivity contribution in [3.8, 4) is 0 Å². The van der Waals surface area contributed by atoms with Crippen molar-refractivity contribution in [1.29, 1.82) is 0 Å². The average Bonchev–Trinajstić information content (AvgIpc) is 2.93. The summed E-state index contributed by atoms with van der Waals surface area (Å²) in [5.74, 6) is -1.92. The van der Waals surface area contributed by atoms with Crippen molar-refractivity contribution in [3.05, 3.63) is 70.8 Å². The summed E-state index contributed by atoms with van der Waals surface area (Å²) in [6.45, 7) is 2.74. The number of hydrogen-bond acceptors (Lipinski definition) is 11. The fourth-order valence-electron chi connectivity index (χ4n) is 2.89. The van der Waals surface area contributed by atoms with Gasteiger partial charge < -0.3 is 28.0 Å². The minimum absolute atomic E-state index is 0. The quantitative estimate of drug-likeness (QED) is 0.0673. The van der Waals surface area contributed by atoms with Crippen molar-refractivity contribution in [2.24, 2.45) is 0 Å². The van der Waals surface area contributed by atoms with E-state index < -0.39 is 25.5 Å². The van der Waals surface area contributed by atoms with Crippen molar-refractivity contribution < 1.29 is 51.7 Å². The molecular formula is C30H47O11P. The van der Waals surface area contributed by atoms with Gasteiger partial charge in [0.2, 0.25) is 0 Å². The summed E-state index contributed by atoms with van der Waals surface area (Å²) >= 11 is 0. The number of benzene rings is 2. The summed E-state index contributed by atoms with van der Waals surface area (Å²) in [6.07, 6.45) is 0.0589. The number of Topliss-reactive ketones (excluding diaryl/α,β-unsaturated/α-hetero) is 1. The standard InChI is InChI=1S/C26H31O11P.4CH4/c1-4-38(31,36-17-15-34-25(29)21-7-5-20(6-8-21)19(2)27)37-18-16-35-26(30)23-11-9-22(10-12-23)24(28)33-14-13-32-3;;;;/h5-12H,4,13-18H2,1-3H3;4*1H4. The number of carbonyl (C=O) groups excluding carboxylic acids is 4. The highest BCUT2D eigenvalue weighted by molar-refractivity contribution is 7.53. The molecule has 238 valence electrons. The molecule has 42 heavy (non-hydrogen) atoms. The molecule has 0 fully saturated rings. The molecule has 1 atom stereocenters. The molecule has 11 nitrogen and oxygen atoms in total. The van der Waals surface area contributed by atoms with Gasteiger partial charge in [-0.2, -0.15) is 0 Å². The zero-order valence-corrected chi connectivity index (χ0v) is 22.4. The van der Waals surface area contributed by atoms with Crippen LogP contribution in [0.4, 0.5) is 0 Å². The first-order valence-electron chi connectivity index (χ1n) is 11.8. The SMILES string of the molecule is C.C.C.C.CCP(=O)(OCCOC(=O)c1ccc(C(C)=O)cc1)OCCOC(=O)c1ccc(C(=O)OCCOC)cc1. The van der Waals surface area contributed by atoms with Gasteiger partial charge >= 0.3 is 25.5 Å². The summed E-state index contributed by atoms with van der Waals surface area (Å²) in [7, 11) is -2.00. The van der Waals surface area contributed by atoms with Crippen LogP contribution in [0, 0.1) is 0 Å². The molecule has 12 heteroatoms. The molecule has 2 aromatic carbocycles. The molecule has 0 spiro atoms. The van der Waals surface area contributed by atoms with Gasteiger partial charge in [0.25, 0.3) is 0 Å². The minimum Gasteiger partial charge on any atom is -0.460 e. The Morgan fingerprint density at radius 2 is 0.881 bits per heavy atom. The third kappa shape index (κ3) is 14.5. The zero-order valence-electron chi connectivity index (χ0n) is 21.5. The van der Waals surface area contributed by atoms with Crippen LogP contribution >= 0.6 is 7.60 Å². The molecule has 0 saturated carbocycles. The van der Waals surface area contributed by atoms with E-state index in [1.54, 1.807) is 6.92 Å². The van der Waals surface area contributed by atoms with Crippen LogP contribution in [0.25, 0.3) is 0 Å². The van der Waals surface area contributed by atoms with Crippen molar-refractivity contribution >= 4 is 31.3 Å². The first-order valence-corrected chi connectivity index (χ1v) is 13.5. The van der Waals surface area contributed by atoms with Gasteiger partial charge in [-0.05, 0) is 43.3 Å². The Kier molecular flexibility index (Phi) is 22.8. The Labute approximate surface area is 250 Å². The number of carbonyl (C=O) groups is 4. The smallest absolute Gasteiger partial charge is 0.338 e. The van der Waals surface area contributed by atoms with E-state index in [4.69, 9.17) is 28.0 Å². The van der Waals surface area contributed by atoms with Gasteiger partial charge in [0.15, 0.2) is 5.78 Å². The van der Waals surface area contributed by atoms with E-state index >= 15 is 0 Å². The normalized spacial score (nSPS) is 11.1. The Morgan fingerprint density at radius 3 is 1.17 bits per heavy atom. The molecule has 0 aliphatic rings. The summed E-state index contributed by atoms with van der Waals surface area (Å²) < 4.78 is 43.3. The lowest BCUT2D eigenvalue weighted by atomic mass is 10.1. The highest BCUT2D eigenvalue weighted by Gasteiger charge is 2.22. The van der Waals surface area contributed by atoms with Crippen LogP contribution in [0.1, 0.15) is 85.0 Å². The van der Waals surface area contributed by atoms with E-state index in [0.29, 0.717) is 5.56 Å². The molecule has 0 N–H and O–H groups in total. The third-order valence-electron chi connectivity index (χ3n) is 5.00. The van der Waals surface area contributed by atoms with Crippen LogP contribution in [0.15, 0.2) is 48.5 Å². The van der Waals surface area contributed by atoms with E-state index in [2.05, 4.69) is 0 Å². The summed E-state index contributed by atoms with van der Waals surface area (Å²) in [6, 6.07) is 11.7. The predicted octanol–water partition coefficient (Wildman–Crippen LogP) is 6.50. The van der Waals surface area contributed by atoms with Crippen LogP contribution in [-0.2, 0) is 32.6 Å². The van der Waals surface area contributed by atoms with Crippen LogP contribution in [0.5, 0.6) is 0 Å². The lowest BCUT2D eigenvalue weighted by Gasteiger charge is -2.17. The topological polar surface area (TPSA) is 141 Å². The highest BCUT2D eigenvalue weighted by Crippen LogP contribution is 2.47. The van der Waals surface area contributed by atoms with Crippen molar-refractivity contribution in [2.45, 2.75) is 43.6 Å². The van der Waals surface area contributed by atoms with Crippen molar-refractivity contribution in [1.82, 2.24) is 0 Å². The second kappa shape index (κ2) is 22.3. The molecule has 2 aromatic rings. The molecular weight excluding hydrogens is 567 g/mol. The molecule has 0 radical (unpaired) electrons. The Hall–Kier alpha value is -3.37. The number of ether oxygens (including phenoxy) is 4. The fourth-order valence-corrected chi connectivity index (χ4v) is 4.04. The maximum Gasteiger partial charge on any atom is 0.338 e. The Balaban J connectivity index is -0.00000380. The molecule has 0 saturated heterocycles. The van der Waals surface area contributed by atoms with E-state index in [0.717, 1.165) is 0 Å². The summed E-state index contributed by atoms with van der Waals surface area (Å²) in [5, 5.41) is 0. The zero-order chi connectivity index (χ0) is 28.0. The van der Waals surface area contributed by atoms with E-state index in [1.165, 1.54) is 62.6 Å². The van der Waals surface area contributed by atoms with Crippen LogP contribution in [0.2, 0.25) is 0 Å². The molecule has 0 aliphatic carbocycles. The number of ketones is 1. The van der Waals surface area contributed by atoms with E-state index in [1.807, 2.05) is 0 Å². The minimum atomic E-state index is -3.49. The third-order valence-corrected chi connectivity index (χ3v) is 6.93. The largest absolute Gasteiger partial charge is 0.460 e.